The Morgan fingerprint density at radius 2 is 0.943 bits per heavy atom. The molecule has 0 radical (unpaired) electrons. The van der Waals surface area contributed by atoms with Gasteiger partial charge in [-0.2, -0.15) is 0 Å². The first-order valence-corrected chi connectivity index (χ1v) is 19.3. The zero-order chi connectivity index (χ0) is 35.3. The summed E-state index contributed by atoms with van der Waals surface area (Å²) in [6.45, 7) is 4.81. The molecule has 3 aliphatic rings. The Morgan fingerprint density at radius 3 is 1.66 bits per heavy atom. The minimum Gasteiger partial charge on any atom is -0.248 e. The lowest BCUT2D eigenvalue weighted by Gasteiger charge is -2.40. The Bertz CT molecular complexity index is 2670. The number of benzene rings is 7. The van der Waals surface area contributed by atoms with E-state index >= 15 is 0 Å². The number of fused-ring (bicyclic) bond motifs is 12. The van der Waals surface area contributed by atoms with Gasteiger partial charge in [0.25, 0.3) is 0 Å². The van der Waals surface area contributed by atoms with Crippen molar-refractivity contribution in [2.24, 2.45) is 0 Å². The van der Waals surface area contributed by atoms with Crippen molar-refractivity contribution in [3.63, 3.8) is 0 Å². The van der Waals surface area contributed by atoms with Crippen LogP contribution in [0.1, 0.15) is 47.2 Å². The Kier molecular flexibility index (Phi) is 6.52. The van der Waals surface area contributed by atoms with Crippen molar-refractivity contribution in [3.05, 3.63) is 209 Å². The number of hydrogen-bond donors (Lipinski definition) is 0. The van der Waals surface area contributed by atoms with Gasteiger partial charge in [0.1, 0.15) is 0 Å². The minimum atomic E-state index is -0.403. The number of hydrogen-bond acceptors (Lipinski definition) is 2. The fourth-order valence-corrected chi connectivity index (χ4v) is 10.9. The molecule has 0 saturated heterocycles. The van der Waals surface area contributed by atoms with Crippen LogP contribution in [0.2, 0.25) is 0 Å². The summed E-state index contributed by atoms with van der Waals surface area (Å²) < 4.78 is 0. The Hall–Kier alpha value is -5.96. The molecule has 1 aromatic heterocycles. The van der Waals surface area contributed by atoms with Gasteiger partial charge in [0.2, 0.25) is 0 Å². The van der Waals surface area contributed by atoms with Gasteiger partial charge in [-0.25, -0.2) is 4.98 Å². The molecule has 8 aromatic rings. The summed E-state index contributed by atoms with van der Waals surface area (Å²) in [6, 6.07) is 65.0. The minimum absolute atomic E-state index is 0.246. The van der Waals surface area contributed by atoms with Crippen molar-refractivity contribution < 1.29 is 0 Å². The van der Waals surface area contributed by atoms with E-state index in [9.17, 15) is 0 Å². The average Bonchev–Trinajstić information content (AvgIpc) is 3.63. The lowest BCUT2D eigenvalue weighted by atomic mass is 9.66. The molecular formula is C51H35NS. The summed E-state index contributed by atoms with van der Waals surface area (Å²) in [4.78, 5) is 8.08. The molecule has 7 aromatic carbocycles. The normalized spacial score (nSPS) is 14.8. The maximum Gasteiger partial charge on any atom is 0.0735 e. The molecular weight excluding hydrogens is 659 g/mol. The second-order valence-corrected chi connectivity index (χ2v) is 16.1. The molecule has 0 unspecified atom stereocenters. The molecule has 2 heterocycles. The largest absolute Gasteiger partial charge is 0.248 e. The standard InChI is InChI=1S/C51H35NS/c1-50(2)43-31-48-44(51(42-26-13-14-27-47(42)53-48)40-24-11-9-20-35(40)36-21-10-12-25-41(36)51)30-39(43)37-22-15-23-38(49(37)50)46-29-34(32-16-5-3-6-17-32)28-45(52-46)33-18-7-4-8-19-33/h3-31H,1-2H3. The lowest BCUT2D eigenvalue weighted by molar-refractivity contribution is 0.655. The molecule has 0 N–H and O–H groups in total. The van der Waals surface area contributed by atoms with Crippen LogP contribution >= 0.6 is 11.8 Å². The van der Waals surface area contributed by atoms with Crippen molar-refractivity contribution in [2.45, 2.75) is 34.5 Å². The third kappa shape index (κ3) is 4.24. The lowest BCUT2D eigenvalue weighted by Crippen LogP contribution is -2.32. The Labute approximate surface area is 315 Å². The highest BCUT2D eigenvalue weighted by atomic mass is 32.2. The van der Waals surface area contributed by atoms with E-state index in [-0.39, 0.29) is 5.41 Å². The predicted molar refractivity (Wildman–Crippen MR) is 220 cm³/mol. The number of rotatable bonds is 3. The van der Waals surface area contributed by atoms with Crippen LogP contribution in [0.25, 0.3) is 55.9 Å². The number of pyridine rings is 1. The van der Waals surface area contributed by atoms with Crippen molar-refractivity contribution >= 4 is 11.8 Å². The Morgan fingerprint density at radius 1 is 0.377 bits per heavy atom. The van der Waals surface area contributed by atoms with Crippen molar-refractivity contribution in [1.29, 1.82) is 0 Å². The SMILES string of the molecule is CC1(C)c2cc3c(cc2-c2cccc(-c4cc(-c5ccccc5)cc(-c5ccccc5)n4)c21)C1(c2ccccc2S3)c2ccccc2-c2ccccc21. The van der Waals surface area contributed by atoms with E-state index in [0.717, 1.165) is 17.0 Å². The quantitative estimate of drug-likeness (QED) is 0.183. The third-order valence-corrected chi connectivity index (χ3v) is 13.1. The molecule has 53 heavy (non-hydrogen) atoms. The second-order valence-electron chi connectivity index (χ2n) is 15.0. The molecule has 0 amide bonds. The zero-order valence-electron chi connectivity index (χ0n) is 29.6. The highest BCUT2D eigenvalue weighted by Crippen LogP contribution is 2.64. The van der Waals surface area contributed by atoms with Gasteiger partial charge in [0.05, 0.1) is 16.8 Å². The molecule has 0 atom stereocenters. The molecule has 2 aliphatic carbocycles. The van der Waals surface area contributed by atoms with Crippen LogP contribution in [0.4, 0.5) is 0 Å². The van der Waals surface area contributed by atoms with Crippen molar-refractivity contribution in [1.82, 2.24) is 4.98 Å². The molecule has 0 bridgehead atoms. The smallest absolute Gasteiger partial charge is 0.0735 e. The number of aromatic nitrogens is 1. The molecule has 250 valence electrons. The zero-order valence-corrected chi connectivity index (χ0v) is 30.4. The summed E-state index contributed by atoms with van der Waals surface area (Å²) >= 11 is 1.93. The highest BCUT2D eigenvalue weighted by Gasteiger charge is 2.51. The van der Waals surface area contributed by atoms with E-state index in [1.54, 1.807) is 0 Å². The monoisotopic (exact) mass is 693 g/mol. The maximum absolute atomic E-state index is 5.41. The first-order chi connectivity index (χ1) is 26.0. The van der Waals surface area contributed by atoms with E-state index in [2.05, 4.69) is 190 Å². The van der Waals surface area contributed by atoms with Gasteiger partial charge >= 0.3 is 0 Å². The fourth-order valence-electron chi connectivity index (χ4n) is 9.66. The van der Waals surface area contributed by atoms with Gasteiger partial charge < -0.3 is 0 Å². The van der Waals surface area contributed by atoms with Crippen LogP contribution in [0.15, 0.2) is 186 Å². The second kappa shape index (κ2) is 11.3. The van der Waals surface area contributed by atoms with Gasteiger partial charge in [-0.15, -0.1) is 0 Å². The average molecular weight is 694 g/mol. The van der Waals surface area contributed by atoms with Crippen LogP contribution < -0.4 is 0 Å². The molecule has 1 spiro atoms. The van der Waals surface area contributed by atoms with Crippen LogP contribution in [-0.2, 0) is 10.8 Å². The molecule has 0 fully saturated rings. The Balaban J connectivity index is 1.17. The van der Waals surface area contributed by atoms with Crippen LogP contribution in [-0.4, -0.2) is 4.98 Å². The van der Waals surface area contributed by atoms with Crippen LogP contribution in [0.5, 0.6) is 0 Å². The molecule has 11 rings (SSSR count). The summed E-state index contributed by atoms with van der Waals surface area (Å²) in [7, 11) is 0. The first-order valence-electron chi connectivity index (χ1n) is 18.5. The van der Waals surface area contributed by atoms with Gasteiger partial charge in [0.15, 0.2) is 0 Å². The molecule has 2 heteroatoms. The summed E-state index contributed by atoms with van der Waals surface area (Å²) in [5.41, 5.74) is 19.5. The highest BCUT2D eigenvalue weighted by molar-refractivity contribution is 7.99. The number of nitrogens with zero attached hydrogens (tertiary/aromatic N) is 1. The fraction of sp³-hybridized carbons (Fsp3) is 0.0784. The van der Waals surface area contributed by atoms with Gasteiger partial charge in [-0.1, -0.05) is 171 Å². The molecule has 1 aliphatic heterocycles. The van der Waals surface area contributed by atoms with Crippen LogP contribution in [0, 0.1) is 0 Å². The first kappa shape index (κ1) is 30.6. The maximum atomic E-state index is 5.41. The summed E-state index contributed by atoms with van der Waals surface area (Å²) in [6.07, 6.45) is 0. The van der Waals surface area contributed by atoms with E-state index in [4.69, 9.17) is 4.98 Å². The van der Waals surface area contributed by atoms with Gasteiger partial charge in [-0.3, -0.25) is 0 Å². The van der Waals surface area contributed by atoms with Crippen molar-refractivity contribution in [3.8, 4) is 55.9 Å². The topological polar surface area (TPSA) is 12.9 Å². The van der Waals surface area contributed by atoms with Gasteiger partial charge in [0, 0.05) is 26.3 Å². The third-order valence-electron chi connectivity index (χ3n) is 11.9. The van der Waals surface area contributed by atoms with Crippen molar-refractivity contribution in [2.75, 3.05) is 0 Å². The van der Waals surface area contributed by atoms with Crippen LogP contribution in [0.3, 0.4) is 0 Å². The van der Waals surface area contributed by atoms with E-state index in [1.165, 1.54) is 82.1 Å². The van der Waals surface area contributed by atoms with E-state index in [0.29, 0.717) is 0 Å². The summed E-state index contributed by atoms with van der Waals surface area (Å²) in [5.74, 6) is 0. The molecule has 0 saturated carbocycles. The van der Waals surface area contributed by atoms with E-state index < -0.39 is 5.41 Å². The molecule has 1 nitrogen and oxygen atoms in total. The summed E-state index contributed by atoms with van der Waals surface area (Å²) in [5, 5.41) is 0. The van der Waals surface area contributed by atoms with E-state index in [1.807, 2.05) is 11.8 Å². The van der Waals surface area contributed by atoms with Gasteiger partial charge in [-0.05, 0) is 97.1 Å². The predicted octanol–water partition coefficient (Wildman–Crippen LogP) is 13.2.